The molecule has 0 aromatic carbocycles. The zero-order valence-corrected chi connectivity index (χ0v) is 11.6. The molecule has 0 saturated carbocycles. The molecule has 1 aromatic heterocycles. The van der Waals surface area contributed by atoms with Gasteiger partial charge in [-0.05, 0) is 19.3 Å². The molecule has 2 amide bonds. The number of carboxylic acids is 1. The predicted octanol–water partition coefficient (Wildman–Crippen LogP) is 1.63. The van der Waals surface area contributed by atoms with Gasteiger partial charge in [0.05, 0.1) is 17.7 Å². The molecular weight excluding hydrogens is 266 g/mol. The molecule has 1 fully saturated rings. The third-order valence-corrected chi connectivity index (χ3v) is 3.88. The van der Waals surface area contributed by atoms with E-state index < -0.39 is 12.0 Å². The van der Waals surface area contributed by atoms with Crippen LogP contribution in [0.3, 0.4) is 0 Å². The maximum atomic E-state index is 12.3. The monoisotopic (exact) mass is 283 g/mol. The number of thiazole rings is 1. The van der Waals surface area contributed by atoms with Crippen molar-refractivity contribution in [3.05, 3.63) is 16.6 Å². The number of hydrogen-bond acceptors (Lipinski definition) is 4. The van der Waals surface area contributed by atoms with Gasteiger partial charge < -0.3 is 14.9 Å². The topological polar surface area (TPSA) is 73.7 Å². The molecule has 19 heavy (non-hydrogen) atoms. The highest BCUT2D eigenvalue weighted by molar-refractivity contribution is 7.07. The molecule has 1 saturated heterocycles. The lowest BCUT2D eigenvalue weighted by molar-refractivity contribution is -0.143. The van der Waals surface area contributed by atoms with Crippen LogP contribution in [0.4, 0.5) is 4.79 Å². The number of rotatable bonds is 3. The summed E-state index contributed by atoms with van der Waals surface area (Å²) in [5.74, 6) is -0.921. The number of aliphatic carboxylic acids is 1. The number of piperidine rings is 1. The standard InChI is InChI=1S/C12H17N3O3S/c1-14(6-9-7-19-8-13-9)12(18)15-5-3-2-4-10(15)11(16)17/h7-8,10H,2-6H2,1H3,(H,16,17). The van der Waals surface area contributed by atoms with Gasteiger partial charge in [-0.2, -0.15) is 0 Å². The molecule has 6 nitrogen and oxygen atoms in total. The average Bonchev–Trinajstić information content (AvgIpc) is 2.90. The summed E-state index contributed by atoms with van der Waals surface area (Å²) in [6.45, 7) is 0.919. The molecule has 1 N–H and O–H groups in total. The van der Waals surface area contributed by atoms with E-state index in [2.05, 4.69) is 4.98 Å². The normalized spacial score (nSPS) is 19.2. The van der Waals surface area contributed by atoms with Crippen LogP contribution in [0.5, 0.6) is 0 Å². The van der Waals surface area contributed by atoms with Gasteiger partial charge in [0.25, 0.3) is 0 Å². The number of amides is 2. The highest BCUT2D eigenvalue weighted by Gasteiger charge is 2.33. The number of aromatic nitrogens is 1. The number of hydrogen-bond donors (Lipinski definition) is 1. The van der Waals surface area contributed by atoms with Crippen molar-refractivity contribution in [2.45, 2.75) is 31.8 Å². The Hall–Kier alpha value is -1.63. The summed E-state index contributed by atoms with van der Waals surface area (Å²) in [5.41, 5.74) is 2.54. The highest BCUT2D eigenvalue weighted by atomic mass is 32.1. The molecule has 1 aliphatic heterocycles. The van der Waals surface area contributed by atoms with Gasteiger partial charge in [-0.1, -0.05) is 0 Å². The van der Waals surface area contributed by atoms with Crippen LogP contribution in [-0.4, -0.2) is 51.5 Å². The summed E-state index contributed by atoms with van der Waals surface area (Å²) in [5, 5.41) is 11.1. The third-order valence-electron chi connectivity index (χ3n) is 3.24. The van der Waals surface area contributed by atoms with E-state index in [1.54, 1.807) is 12.6 Å². The fourth-order valence-corrected chi connectivity index (χ4v) is 2.81. The van der Waals surface area contributed by atoms with Crippen molar-refractivity contribution in [1.82, 2.24) is 14.8 Å². The lowest BCUT2D eigenvalue weighted by Crippen LogP contribution is -2.52. The summed E-state index contributed by atoms with van der Waals surface area (Å²) in [4.78, 5) is 30.6. The van der Waals surface area contributed by atoms with E-state index >= 15 is 0 Å². The van der Waals surface area contributed by atoms with E-state index in [1.807, 2.05) is 5.38 Å². The Kier molecular flexibility index (Phi) is 4.36. The van der Waals surface area contributed by atoms with Gasteiger partial charge in [0.1, 0.15) is 6.04 Å². The molecule has 0 radical (unpaired) electrons. The number of carboxylic acid groups (broad SMARTS) is 1. The number of urea groups is 1. The summed E-state index contributed by atoms with van der Waals surface area (Å²) < 4.78 is 0. The van der Waals surface area contributed by atoms with Crippen LogP contribution in [0.15, 0.2) is 10.9 Å². The lowest BCUT2D eigenvalue weighted by Gasteiger charge is -2.35. The predicted molar refractivity (Wildman–Crippen MR) is 71.0 cm³/mol. The molecule has 0 aliphatic carbocycles. The van der Waals surface area contributed by atoms with Crippen molar-refractivity contribution in [3.8, 4) is 0 Å². The van der Waals surface area contributed by atoms with Crippen LogP contribution in [0.2, 0.25) is 0 Å². The Morgan fingerprint density at radius 3 is 3.00 bits per heavy atom. The fraction of sp³-hybridized carbons (Fsp3) is 0.583. The Morgan fingerprint density at radius 1 is 1.58 bits per heavy atom. The van der Waals surface area contributed by atoms with E-state index in [4.69, 9.17) is 0 Å². The first-order chi connectivity index (χ1) is 9.09. The van der Waals surface area contributed by atoms with Crippen molar-refractivity contribution in [3.63, 3.8) is 0 Å². The first-order valence-electron chi connectivity index (χ1n) is 6.21. The molecule has 1 aromatic rings. The molecule has 1 atom stereocenters. The summed E-state index contributed by atoms with van der Waals surface area (Å²) >= 11 is 1.48. The zero-order valence-electron chi connectivity index (χ0n) is 10.8. The van der Waals surface area contributed by atoms with Crippen molar-refractivity contribution in [2.24, 2.45) is 0 Å². The van der Waals surface area contributed by atoms with Crippen LogP contribution < -0.4 is 0 Å². The van der Waals surface area contributed by atoms with Crippen LogP contribution in [0.25, 0.3) is 0 Å². The van der Waals surface area contributed by atoms with E-state index in [1.165, 1.54) is 21.1 Å². The Morgan fingerprint density at radius 2 is 2.37 bits per heavy atom. The van der Waals surface area contributed by atoms with Gasteiger partial charge in [0.15, 0.2) is 0 Å². The van der Waals surface area contributed by atoms with Crippen molar-refractivity contribution < 1.29 is 14.7 Å². The van der Waals surface area contributed by atoms with Gasteiger partial charge >= 0.3 is 12.0 Å². The molecule has 0 bridgehead atoms. The van der Waals surface area contributed by atoms with Crippen LogP contribution in [0, 0.1) is 0 Å². The molecule has 0 spiro atoms. The highest BCUT2D eigenvalue weighted by Crippen LogP contribution is 2.19. The van der Waals surface area contributed by atoms with Crippen LogP contribution in [0.1, 0.15) is 25.0 Å². The van der Waals surface area contributed by atoms with E-state index in [9.17, 15) is 14.7 Å². The largest absolute Gasteiger partial charge is 0.480 e. The number of nitrogens with zero attached hydrogens (tertiary/aromatic N) is 3. The number of carbonyl (C=O) groups excluding carboxylic acids is 1. The first kappa shape index (κ1) is 13.8. The minimum Gasteiger partial charge on any atom is -0.480 e. The smallest absolute Gasteiger partial charge is 0.326 e. The number of carbonyl (C=O) groups is 2. The van der Waals surface area contributed by atoms with Crippen LogP contribution in [-0.2, 0) is 11.3 Å². The van der Waals surface area contributed by atoms with Gasteiger partial charge in [-0.25, -0.2) is 14.6 Å². The van der Waals surface area contributed by atoms with E-state index in [0.717, 1.165) is 18.5 Å². The molecular formula is C12H17N3O3S. The van der Waals surface area contributed by atoms with Gasteiger partial charge in [-0.3, -0.25) is 0 Å². The minimum absolute atomic E-state index is 0.236. The Balaban J connectivity index is 2.02. The zero-order chi connectivity index (χ0) is 13.8. The molecule has 1 unspecified atom stereocenters. The minimum atomic E-state index is -0.921. The van der Waals surface area contributed by atoms with Crippen molar-refractivity contribution in [2.75, 3.05) is 13.6 Å². The van der Waals surface area contributed by atoms with Gasteiger partial charge in [-0.15, -0.1) is 11.3 Å². The maximum Gasteiger partial charge on any atom is 0.326 e. The second kappa shape index (κ2) is 6.01. The molecule has 1 aliphatic rings. The molecule has 104 valence electrons. The van der Waals surface area contributed by atoms with Gasteiger partial charge in [0, 0.05) is 19.0 Å². The van der Waals surface area contributed by atoms with Crippen molar-refractivity contribution in [1.29, 1.82) is 0 Å². The first-order valence-corrected chi connectivity index (χ1v) is 7.15. The van der Waals surface area contributed by atoms with Gasteiger partial charge in [0.2, 0.25) is 0 Å². The third kappa shape index (κ3) is 3.23. The summed E-state index contributed by atoms with van der Waals surface area (Å²) in [6.07, 6.45) is 2.25. The second-order valence-electron chi connectivity index (χ2n) is 4.66. The number of likely N-dealkylation sites (tertiary alicyclic amines) is 1. The van der Waals surface area contributed by atoms with E-state index in [-0.39, 0.29) is 6.03 Å². The van der Waals surface area contributed by atoms with Crippen LogP contribution >= 0.6 is 11.3 Å². The quantitative estimate of drug-likeness (QED) is 0.915. The second-order valence-corrected chi connectivity index (χ2v) is 5.38. The van der Waals surface area contributed by atoms with Crippen molar-refractivity contribution >= 4 is 23.3 Å². The molecule has 2 heterocycles. The fourth-order valence-electron chi connectivity index (χ4n) is 2.26. The molecule has 7 heteroatoms. The average molecular weight is 283 g/mol. The Labute approximate surface area is 115 Å². The maximum absolute atomic E-state index is 12.3. The summed E-state index contributed by atoms with van der Waals surface area (Å²) in [6, 6.07) is -0.931. The SMILES string of the molecule is CN(Cc1cscn1)C(=O)N1CCCCC1C(=O)O. The Bertz CT molecular complexity index is 449. The summed E-state index contributed by atoms with van der Waals surface area (Å²) in [7, 11) is 1.68. The van der Waals surface area contributed by atoms with E-state index in [0.29, 0.717) is 19.5 Å². The lowest BCUT2D eigenvalue weighted by atomic mass is 10.0. The molecule has 2 rings (SSSR count).